The van der Waals surface area contributed by atoms with Gasteiger partial charge >= 0.3 is 6.03 Å². The normalized spacial score (nSPS) is 21.3. The number of nitrogens with one attached hydrogen (secondary N) is 1. The highest BCUT2D eigenvalue weighted by Crippen LogP contribution is 2.49. The number of likely N-dealkylation sites (N-methyl/N-ethyl adjacent to an activating group) is 1. The average molecular weight is 337 g/mol. The lowest BCUT2D eigenvalue weighted by molar-refractivity contribution is -0.146. The number of benzene rings is 2. The fraction of sp³-hybridized carbons (Fsp3) is 0.263. The number of amides is 3. The molecule has 0 aromatic heterocycles. The standard InChI is InChI=1S/C19H19N3O3/c1-3-20-18(24)22-15-10-6-4-8-13(15)12-25-19(22)14-9-5-7-11-16(14)21(2)17(19)23/h4-11H,3,12H2,1-2H3,(H,20,24). The van der Waals surface area contributed by atoms with Crippen molar-refractivity contribution in [1.29, 1.82) is 0 Å². The predicted octanol–water partition coefficient (Wildman–Crippen LogP) is 2.58. The number of rotatable bonds is 1. The molecule has 4 rings (SSSR count). The van der Waals surface area contributed by atoms with E-state index in [0.717, 1.165) is 11.3 Å². The van der Waals surface area contributed by atoms with E-state index in [1.54, 1.807) is 11.9 Å². The third-order valence-electron chi connectivity index (χ3n) is 4.74. The van der Waals surface area contributed by atoms with Crippen molar-refractivity contribution in [2.24, 2.45) is 0 Å². The maximum Gasteiger partial charge on any atom is 0.324 e. The van der Waals surface area contributed by atoms with Gasteiger partial charge in [-0.1, -0.05) is 36.4 Å². The van der Waals surface area contributed by atoms with E-state index in [0.29, 0.717) is 17.8 Å². The van der Waals surface area contributed by atoms with Crippen LogP contribution in [0, 0.1) is 0 Å². The van der Waals surface area contributed by atoms with Gasteiger partial charge in [-0.25, -0.2) is 4.79 Å². The van der Waals surface area contributed by atoms with Gasteiger partial charge in [0.25, 0.3) is 11.6 Å². The van der Waals surface area contributed by atoms with Gasteiger partial charge in [0, 0.05) is 24.7 Å². The number of urea groups is 1. The van der Waals surface area contributed by atoms with Gasteiger partial charge in [0.15, 0.2) is 0 Å². The van der Waals surface area contributed by atoms with Crippen LogP contribution in [-0.2, 0) is 21.9 Å². The number of para-hydroxylation sites is 2. The summed E-state index contributed by atoms with van der Waals surface area (Å²) in [6, 6.07) is 14.6. The summed E-state index contributed by atoms with van der Waals surface area (Å²) in [6.45, 7) is 2.57. The second-order valence-electron chi connectivity index (χ2n) is 6.11. The number of carbonyl (C=O) groups is 2. The van der Waals surface area contributed by atoms with Crippen molar-refractivity contribution in [2.75, 3.05) is 23.4 Å². The van der Waals surface area contributed by atoms with Crippen molar-refractivity contribution in [3.63, 3.8) is 0 Å². The molecule has 0 bridgehead atoms. The number of ether oxygens (including phenoxy) is 1. The molecule has 6 nitrogen and oxygen atoms in total. The molecular weight excluding hydrogens is 318 g/mol. The van der Waals surface area contributed by atoms with Gasteiger partial charge in [0.1, 0.15) is 0 Å². The third kappa shape index (κ3) is 2.01. The summed E-state index contributed by atoms with van der Waals surface area (Å²) < 4.78 is 6.12. The second-order valence-corrected chi connectivity index (χ2v) is 6.11. The van der Waals surface area contributed by atoms with Crippen LogP contribution in [0.3, 0.4) is 0 Å². The Morgan fingerprint density at radius 1 is 1.16 bits per heavy atom. The molecule has 0 aliphatic carbocycles. The molecule has 2 heterocycles. The number of carbonyl (C=O) groups excluding carboxylic acids is 2. The fourth-order valence-electron chi connectivity index (χ4n) is 3.61. The first-order chi connectivity index (χ1) is 12.1. The zero-order chi connectivity index (χ0) is 17.6. The Kier molecular flexibility index (Phi) is 3.51. The minimum atomic E-state index is -1.47. The zero-order valence-corrected chi connectivity index (χ0v) is 14.2. The maximum atomic E-state index is 13.2. The summed E-state index contributed by atoms with van der Waals surface area (Å²) in [7, 11) is 1.70. The van der Waals surface area contributed by atoms with E-state index in [-0.39, 0.29) is 18.5 Å². The monoisotopic (exact) mass is 337 g/mol. The fourth-order valence-corrected chi connectivity index (χ4v) is 3.61. The smallest absolute Gasteiger partial charge is 0.324 e. The zero-order valence-electron chi connectivity index (χ0n) is 14.2. The molecule has 25 heavy (non-hydrogen) atoms. The first-order valence-corrected chi connectivity index (χ1v) is 8.29. The number of hydrogen-bond donors (Lipinski definition) is 1. The minimum absolute atomic E-state index is 0.264. The third-order valence-corrected chi connectivity index (χ3v) is 4.74. The lowest BCUT2D eigenvalue weighted by atomic mass is 9.98. The molecule has 0 fully saturated rings. The lowest BCUT2D eigenvalue weighted by Gasteiger charge is -2.43. The first kappa shape index (κ1) is 15.7. The van der Waals surface area contributed by atoms with Crippen LogP contribution in [0.4, 0.5) is 16.2 Å². The quantitative estimate of drug-likeness (QED) is 0.870. The van der Waals surface area contributed by atoms with Crippen LogP contribution in [0.1, 0.15) is 18.1 Å². The maximum absolute atomic E-state index is 13.2. The molecule has 3 amide bonds. The van der Waals surface area contributed by atoms with Crippen LogP contribution >= 0.6 is 0 Å². The Bertz CT molecular complexity index is 866. The average Bonchev–Trinajstić information content (AvgIpc) is 2.85. The number of anilines is 2. The molecule has 1 N–H and O–H groups in total. The largest absolute Gasteiger partial charge is 0.338 e. The van der Waals surface area contributed by atoms with E-state index in [4.69, 9.17) is 4.74 Å². The van der Waals surface area contributed by atoms with Crippen LogP contribution < -0.4 is 15.1 Å². The van der Waals surface area contributed by atoms with E-state index in [1.165, 1.54) is 4.90 Å². The van der Waals surface area contributed by atoms with Gasteiger partial charge in [-0.2, -0.15) is 0 Å². The molecule has 1 spiro atoms. The Hall–Kier alpha value is -2.86. The molecule has 128 valence electrons. The van der Waals surface area contributed by atoms with Crippen molar-refractivity contribution in [2.45, 2.75) is 19.3 Å². The van der Waals surface area contributed by atoms with Gasteiger partial charge in [-0.15, -0.1) is 0 Å². The number of hydrogen-bond acceptors (Lipinski definition) is 3. The molecule has 0 saturated heterocycles. The Morgan fingerprint density at radius 2 is 1.84 bits per heavy atom. The SMILES string of the molecule is CCNC(=O)N1c2ccccc2COC12C(=O)N(C)c1ccccc12. The highest BCUT2D eigenvalue weighted by molar-refractivity contribution is 6.13. The predicted molar refractivity (Wildman–Crippen MR) is 94.3 cm³/mol. The van der Waals surface area contributed by atoms with Gasteiger partial charge < -0.3 is 15.0 Å². The van der Waals surface area contributed by atoms with Crippen molar-refractivity contribution >= 4 is 23.3 Å². The van der Waals surface area contributed by atoms with Crippen LogP contribution in [-0.4, -0.2) is 25.5 Å². The van der Waals surface area contributed by atoms with Gasteiger partial charge in [-0.3, -0.25) is 9.69 Å². The summed E-state index contributed by atoms with van der Waals surface area (Å²) in [4.78, 5) is 29.2. The van der Waals surface area contributed by atoms with Crippen LogP contribution in [0.2, 0.25) is 0 Å². The summed E-state index contributed by atoms with van der Waals surface area (Å²) in [5.74, 6) is -0.269. The molecule has 1 atom stereocenters. The molecule has 2 aliphatic rings. The van der Waals surface area contributed by atoms with Crippen molar-refractivity contribution in [3.05, 3.63) is 59.7 Å². The highest BCUT2D eigenvalue weighted by atomic mass is 16.5. The summed E-state index contributed by atoms with van der Waals surface area (Å²) in [5, 5.41) is 2.81. The van der Waals surface area contributed by atoms with Gasteiger partial charge in [0.05, 0.1) is 18.0 Å². The number of fused-ring (bicyclic) bond motifs is 3. The van der Waals surface area contributed by atoms with Crippen molar-refractivity contribution in [3.8, 4) is 0 Å². The Morgan fingerprint density at radius 3 is 2.60 bits per heavy atom. The van der Waals surface area contributed by atoms with Crippen LogP contribution in [0.5, 0.6) is 0 Å². The van der Waals surface area contributed by atoms with E-state index < -0.39 is 5.72 Å². The second kappa shape index (κ2) is 5.60. The van der Waals surface area contributed by atoms with Crippen molar-refractivity contribution < 1.29 is 14.3 Å². The molecule has 6 heteroatoms. The minimum Gasteiger partial charge on any atom is -0.338 e. The molecule has 2 aromatic carbocycles. The Labute approximate surface area is 146 Å². The van der Waals surface area contributed by atoms with Crippen molar-refractivity contribution in [1.82, 2.24) is 5.32 Å². The topological polar surface area (TPSA) is 61.9 Å². The molecule has 0 saturated carbocycles. The molecule has 1 unspecified atom stereocenters. The van der Waals surface area contributed by atoms with Crippen LogP contribution in [0.25, 0.3) is 0 Å². The molecule has 2 aliphatic heterocycles. The Balaban J connectivity index is 1.97. The van der Waals surface area contributed by atoms with E-state index in [1.807, 2.05) is 55.5 Å². The highest BCUT2D eigenvalue weighted by Gasteiger charge is 2.59. The summed E-state index contributed by atoms with van der Waals surface area (Å²) >= 11 is 0. The van der Waals surface area contributed by atoms with E-state index in [9.17, 15) is 9.59 Å². The van der Waals surface area contributed by atoms with Gasteiger partial charge in [-0.05, 0) is 19.1 Å². The van der Waals surface area contributed by atoms with E-state index in [2.05, 4.69) is 5.32 Å². The van der Waals surface area contributed by atoms with E-state index >= 15 is 0 Å². The van der Waals surface area contributed by atoms with Gasteiger partial charge in [0.2, 0.25) is 0 Å². The first-order valence-electron chi connectivity index (χ1n) is 8.29. The molecule has 0 radical (unpaired) electrons. The number of nitrogens with zero attached hydrogens (tertiary/aromatic N) is 2. The molecule has 2 aromatic rings. The molecular formula is C19H19N3O3. The summed E-state index contributed by atoms with van der Waals surface area (Å²) in [6.07, 6.45) is 0. The van der Waals surface area contributed by atoms with Crippen LogP contribution in [0.15, 0.2) is 48.5 Å². The summed E-state index contributed by atoms with van der Waals surface area (Å²) in [5.41, 5.74) is 1.53. The lowest BCUT2D eigenvalue weighted by Crippen LogP contribution is -2.61.